The predicted molar refractivity (Wildman–Crippen MR) is 74.6 cm³/mol. The molecule has 0 fully saturated rings. The van der Waals surface area contributed by atoms with Crippen molar-refractivity contribution in [3.63, 3.8) is 0 Å². The quantitative estimate of drug-likeness (QED) is 0.708. The van der Waals surface area contributed by atoms with Crippen LogP contribution in [0.3, 0.4) is 0 Å². The third-order valence-corrected chi connectivity index (χ3v) is 3.46. The van der Waals surface area contributed by atoms with Crippen LogP contribution in [0.4, 0.5) is 0 Å². The Morgan fingerprint density at radius 1 is 0.941 bits per heavy atom. The van der Waals surface area contributed by atoms with E-state index in [2.05, 4.69) is 35.0 Å². The highest BCUT2D eigenvalue weighted by molar-refractivity contribution is 9.09. The summed E-state index contributed by atoms with van der Waals surface area (Å²) in [6.45, 7) is 3.87. The van der Waals surface area contributed by atoms with Gasteiger partial charge < -0.3 is 4.74 Å². The Morgan fingerprint density at radius 2 is 1.53 bits per heavy atom. The van der Waals surface area contributed by atoms with Crippen LogP contribution in [0, 0.1) is 6.92 Å². The summed E-state index contributed by atoms with van der Waals surface area (Å²) in [6, 6.07) is 17.8. The first kappa shape index (κ1) is 12.2. The molecule has 0 saturated carbocycles. The molecule has 87 valence electrons. The van der Waals surface area contributed by atoms with Crippen molar-refractivity contribution < 1.29 is 4.74 Å². The zero-order valence-electron chi connectivity index (χ0n) is 9.47. The van der Waals surface area contributed by atoms with Gasteiger partial charge in [0.2, 0.25) is 0 Å². The molecule has 0 bridgehead atoms. The van der Waals surface area contributed by atoms with Crippen LogP contribution in [0.2, 0.25) is 0 Å². The molecule has 0 aliphatic carbocycles. The second-order valence-corrected chi connectivity index (χ2v) is 4.85. The molecule has 1 radical (unpaired) electrons. The average molecular weight is 290 g/mol. The van der Waals surface area contributed by atoms with Crippen molar-refractivity contribution in [2.24, 2.45) is 0 Å². The van der Waals surface area contributed by atoms with E-state index in [9.17, 15) is 0 Å². The van der Waals surface area contributed by atoms with Crippen molar-refractivity contribution in [1.29, 1.82) is 0 Å². The summed E-state index contributed by atoms with van der Waals surface area (Å²) in [5, 5.41) is 0. The third kappa shape index (κ3) is 3.34. The van der Waals surface area contributed by atoms with Crippen molar-refractivity contribution in [2.45, 2.75) is 11.2 Å². The Bertz CT molecular complexity index is 450. The number of alkyl halides is 1. The van der Waals surface area contributed by atoms with Gasteiger partial charge in [0.15, 0.2) is 0 Å². The fourth-order valence-electron chi connectivity index (χ4n) is 1.54. The molecule has 0 N–H and O–H groups in total. The standard InChI is InChI=1S/C15H14BrO/c1-2-15(16)12-8-10-14(11-9-12)17-13-6-4-3-5-7-13/h3-11,15H,1-2H2. The minimum Gasteiger partial charge on any atom is -0.457 e. The SMILES string of the molecule is [CH2]CC(Br)c1ccc(Oc2ccccc2)cc1. The fraction of sp³-hybridized carbons (Fsp3) is 0.133. The van der Waals surface area contributed by atoms with Gasteiger partial charge in [0.25, 0.3) is 0 Å². The van der Waals surface area contributed by atoms with E-state index in [-0.39, 0.29) is 0 Å². The van der Waals surface area contributed by atoms with E-state index in [1.165, 1.54) is 5.56 Å². The van der Waals surface area contributed by atoms with Gasteiger partial charge in [0, 0.05) is 4.83 Å². The lowest BCUT2D eigenvalue weighted by Gasteiger charge is -2.09. The third-order valence-electron chi connectivity index (χ3n) is 2.47. The highest BCUT2D eigenvalue weighted by atomic mass is 79.9. The summed E-state index contributed by atoms with van der Waals surface area (Å²) < 4.78 is 5.72. The Hall–Kier alpha value is -1.28. The molecule has 0 amide bonds. The molecule has 0 aliphatic rings. The number of rotatable bonds is 4. The molecule has 0 spiro atoms. The van der Waals surface area contributed by atoms with Crippen molar-refractivity contribution in [1.82, 2.24) is 0 Å². The van der Waals surface area contributed by atoms with E-state index in [0.717, 1.165) is 17.9 Å². The van der Waals surface area contributed by atoms with Crippen LogP contribution >= 0.6 is 15.9 Å². The van der Waals surface area contributed by atoms with Crippen molar-refractivity contribution >= 4 is 15.9 Å². The van der Waals surface area contributed by atoms with E-state index in [1.54, 1.807) is 0 Å². The number of halogens is 1. The highest BCUT2D eigenvalue weighted by Gasteiger charge is 2.04. The Morgan fingerprint density at radius 3 is 2.12 bits per heavy atom. The maximum Gasteiger partial charge on any atom is 0.127 e. The summed E-state index contributed by atoms with van der Waals surface area (Å²) in [4.78, 5) is 0.313. The van der Waals surface area contributed by atoms with Gasteiger partial charge in [-0.05, 0) is 36.2 Å². The molecule has 2 aromatic carbocycles. The molecule has 0 aromatic heterocycles. The number of para-hydroxylation sites is 1. The number of hydrogen-bond acceptors (Lipinski definition) is 1. The van der Waals surface area contributed by atoms with Gasteiger partial charge in [-0.15, -0.1) is 0 Å². The van der Waals surface area contributed by atoms with Crippen molar-refractivity contribution in [2.75, 3.05) is 0 Å². The lowest BCUT2D eigenvalue weighted by Crippen LogP contribution is -1.88. The molecule has 2 heteroatoms. The molecule has 17 heavy (non-hydrogen) atoms. The molecule has 2 aromatic rings. The summed E-state index contributed by atoms with van der Waals surface area (Å²) in [5.41, 5.74) is 1.22. The largest absolute Gasteiger partial charge is 0.457 e. The van der Waals surface area contributed by atoms with Crippen LogP contribution in [0.5, 0.6) is 11.5 Å². The van der Waals surface area contributed by atoms with E-state index in [1.807, 2.05) is 42.5 Å². The van der Waals surface area contributed by atoms with Crippen LogP contribution in [0.15, 0.2) is 54.6 Å². The smallest absolute Gasteiger partial charge is 0.127 e. The van der Waals surface area contributed by atoms with Crippen LogP contribution in [-0.4, -0.2) is 0 Å². The second kappa shape index (κ2) is 5.87. The first-order valence-electron chi connectivity index (χ1n) is 5.56. The summed E-state index contributed by atoms with van der Waals surface area (Å²) >= 11 is 3.57. The molecule has 0 saturated heterocycles. The van der Waals surface area contributed by atoms with E-state index in [4.69, 9.17) is 4.74 Å². The van der Waals surface area contributed by atoms with Gasteiger partial charge in [-0.1, -0.05) is 53.2 Å². The molecule has 0 aliphatic heterocycles. The van der Waals surface area contributed by atoms with Crippen LogP contribution in [-0.2, 0) is 0 Å². The second-order valence-electron chi connectivity index (χ2n) is 3.74. The van der Waals surface area contributed by atoms with E-state index >= 15 is 0 Å². The minimum absolute atomic E-state index is 0.313. The van der Waals surface area contributed by atoms with Crippen molar-refractivity contribution in [3.8, 4) is 11.5 Å². The molecule has 1 atom stereocenters. The van der Waals surface area contributed by atoms with Crippen LogP contribution in [0.25, 0.3) is 0 Å². The normalized spacial score (nSPS) is 12.1. The molecular weight excluding hydrogens is 276 g/mol. The number of hydrogen-bond donors (Lipinski definition) is 0. The monoisotopic (exact) mass is 289 g/mol. The van der Waals surface area contributed by atoms with E-state index < -0.39 is 0 Å². The van der Waals surface area contributed by atoms with Gasteiger partial charge in [-0.25, -0.2) is 0 Å². The van der Waals surface area contributed by atoms with Gasteiger partial charge in [0.1, 0.15) is 11.5 Å². The fourth-order valence-corrected chi connectivity index (χ4v) is 1.84. The maximum absolute atomic E-state index is 5.72. The van der Waals surface area contributed by atoms with Crippen LogP contribution in [0.1, 0.15) is 16.8 Å². The molecule has 0 heterocycles. The number of ether oxygens (including phenoxy) is 1. The van der Waals surface area contributed by atoms with Gasteiger partial charge >= 0.3 is 0 Å². The summed E-state index contributed by atoms with van der Waals surface area (Å²) in [5.74, 6) is 1.71. The molecule has 1 nitrogen and oxygen atoms in total. The Labute approximate surface area is 111 Å². The predicted octanol–water partition coefficient (Wildman–Crippen LogP) is 5.14. The first-order chi connectivity index (χ1) is 8.29. The van der Waals surface area contributed by atoms with E-state index in [0.29, 0.717) is 4.83 Å². The molecular formula is C15H14BrO. The Kier molecular flexibility index (Phi) is 4.21. The zero-order valence-corrected chi connectivity index (χ0v) is 11.1. The van der Waals surface area contributed by atoms with Gasteiger partial charge in [-0.2, -0.15) is 0 Å². The zero-order chi connectivity index (χ0) is 12.1. The lowest BCUT2D eigenvalue weighted by atomic mass is 10.1. The maximum atomic E-state index is 5.72. The highest BCUT2D eigenvalue weighted by Crippen LogP contribution is 2.28. The first-order valence-corrected chi connectivity index (χ1v) is 6.47. The Balaban J connectivity index is 2.08. The van der Waals surface area contributed by atoms with Gasteiger partial charge in [-0.3, -0.25) is 0 Å². The lowest BCUT2D eigenvalue weighted by molar-refractivity contribution is 0.482. The average Bonchev–Trinajstić information content (AvgIpc) is 2.40. The van der Waals surface area contributed by atoms with Crippen LogP contribution < -0.4 is 4.74 Å². The number of benzene rings is 2. The summed E-state index contributed by atoms with van der Waals surface area (Å²) in [6.07, 6.45) is 0.832. The summed E-state index contributed by atoms with van der Waals surface area (Å²) in [7, 11) is 0. The molecule has 2 rings (SSSR count). The topological polar surface area (TPSA) is 9.23 Å². The minimum atomic E-state index is 0.313. The van der Waals surface area contributed by atoms with Gasteiger partial charge in [0.05, 0.1) is 0 Å². The van der Waals surface area contributed by atoms with Crippen molar-refractivity contribution in [3.05, 3.63) is 67.1 Å². The molecule has 1 unspecified atom stereocenters.